The van der Waals surface area contributed by atoms with Gasteiger partial charge >= 0.3 is 0 Å². The lowest BCUT2D eigenvalue weighted by molar-refractivity contribution is -0.115. The number of nitrogens with zero attached hydrogens (tertiary/aromatic N) is 1. The van der Waals surface area contributed by atoms with Crippen LogP contribution >= 0.6 is 11.6 Å². The molecule has 0 heterocycles. The van der Waals surface area contributed by atoms with Crippen LogP contribution in [-0.2, 0) is 11.2 Å². The average Bonchev–Trinajstić information content (AvgIpc) is 2.41. The number of benzene rings is 2. The molecule has 100 valence electrons. The molecule has 0 radical (unpaired) electrons. The molecule has 3 N–H and O–H groups in total. The molecule has 2 rings (SSSR count). The van der Waals surface area contributed by atoms with E-state index in [1.165, 1.54) is 0 Å². The highest BCUT2D eigenvalue weighted by molar-refractivity contribution is 6.31. The largest absolute Gasteiger partial charge is 0.399 e. The number of carbonyl (C=O) groups excluding carboxylic acids is 1. The van der Waals surface area contributed by atoms with E-state index in [0.717, 1.165) is 5.56 Å². The summed E-state index contributed by atoms with van der Waals surface area (Å²) >= 11 is 5.86. The summed E-state index contributed by atoms with van der Waals surface area (Å²) in [5, 5.41) is 12.1. The Hall–Kier alpha value is -2.51. The number of nitrogens with two attached hydrogens (primary N) is 1. The van der Waals surface area contributed by atoms with E-state index in [2.05, 4.69) is 5.32 Å². The van der Waals surface area contributed by atoms with Crippen LogP contribution in [-0.4, -0.2) is 5.91 Å². The molecule has 0 aliphatic rings. The van der Waals surface area contributed by atoms with Crippen molar-refractivity contribution in [3.63, 3.8) is 0 Å². The molecule has 0 spiro atoms. The quantitative estimate of drug-likeness (QED) is 0.851. The third-order valence-corrected chi connectivity index (χ3v) is 2.96. The van der Waals surface area contributed by atoms with E-state index < -0.39 is 0 Å². The van der Waals surface area contributed by atoms with Crippen LogP contribution in [0, 0.1) is 11.3 Å². The highest BCUT2D eigenvalue weighted by Crippen LogP contribution is 2.20. The van der Waals surface area contributed by atoms with Crippen LogP contribution in [0.5, 0.6) is 0 Å². The van der Waals surface area contributed by atoms with Gasteiger partial charge in [-0.3, -0.25) is 4.79 Å². The molecule has 0 unspecified atom stereocenters. The Morgan fingerprint density at radius 1 is 1.25 bits per heavy atom. The van der Waals surface area contributed by atoms with Gasteiger partial charge < -0.3 is 11.1 Å². The smallest absolute Gasteiger partial charge is 0.228 e. The van der Waals surface area contributed by atoms with Crippen LogP contribution in [0.4, 0.5) is 11.4 Å². The zero-order chi connectivity index (χ0) is 14.5. The second-order valence-electron chi connectivity index (χ2n) is 4.27. The van der Waals surface area contributed by atoms with Gasteiger partial charge in [0.15, 0.2) is 0 Å². The normalized spacial score (nSPS) is 9.80. The van der Waals surface area contributed by atoms with Crippen LogP contribution in [0.3, 0.4) is 0 Å². The maximum absolute atomic E-state index is 12.0. The number of carbonyl (C=O) groups is 1. The minimum Gasteiger partial charge on any atom is -0.399 e. The maximum Gasteiger partial charge on any atom is 0.228 e. The fraction of sp³-hybridized carbons (Fsp3) is 0.0667. The molecule has 0 aromatic heterocycles. The molecule has 2 aromatic carbocycles. The van der Waals surface area contributed by atoms with Gasteiger partial charge in [0.25, 0.3) is 0 Å². The molecule has 0 fully saturated rings. The molecule has 0 aliphatic heterocycles. The summed E-state index contributed by atoms with van der Waals surface area (Å²) in [6.07, 6.45) is 0.206. The third-order valence-electron chi connectivity index (χ3n) is 2.72. The first kappa shape index (κ1) is 13.9. The number of anilines is 2. The number of halogens is 1. The first-order chi connectivity index (χ1) is 9.58. The van der Waals surface area contributed by atoms with E-state index in [1.807, 2.05) is 6.07 Å². The predicted octanol–water partition coefficient (Wildman–Crippen LogP) is 2.98. The zero-order valence-electron chi connectivity index (χ0n) is 10.6. The Bertz CT molecular complexity index is 675. The van der Waals surface area contributed by atoms with Crippen LogP contribution < -0.4 is 11.1 Å². The summed E-state index contributed by atoms with van der Waals surface area (Å²) in [7, 11) is 0. The van der Waals surface area contributed by atoms with Gasteiger partial charge in [0.1, 0.15) is 6.07 Å². The number of hydrogen-bond donors (Lipinski definition) is 2. The topological polar surface area (TPSA) is 78.9 Å². The summed E-state index contributed by atoms with van der Waals surface area (Å²) < 4.78 is 0. The number of nitrogen functional groups attached to an aromatic ring is 1. The highest BCUT2D eigenvalue weighted by Gasteiger charge is 2.08. The summed E-state index contributed by atoms with van der Waals surface area (Å²) in [4.78, 5) is 12.0. The minimum atomic E-state index is -0.214. The first-order valence-electron chi connectivity index (χ1n) is 5.92. The lowest BCUT2D eigenvalue weighted by Gasteiger charge is -2.07. The van der Waals surface area contributed by atoms with Gasteiger partial charge in [-0.1, -0.05) is 23.7 Å². The SMILES string of the molecule is N#Cc1ccc(Cl)cc1NC(=O)Cc1ccc(N)cc1. The van der Waals surface area contributed by atoms with E-state index in [1.54, 1.807) is 42.5 Å². The Morgan fingerprint density at radius 2 is 1.95 bits per heavy atom. The van der Waals surface area contributed by atoms with Crippen LogP contribution in [0.1, 0.15) is 11.1 Å². The van der Waals surface area contributed by atoms with Crippen molar-refractivity contribution < 1.29 is 4.79 Å². The molecule has 0 bridgehead atoms. The Balaban J connectivity index is 2.10. The second-order valence-corrected chi connectivity index (χ2v) is 4.70. The van der Waals surface area contributed by atoms with Gasteiger partial charge in [0.2, 0.25) is 5.91 Å². The molecule has 5 heteroatoms. The zero-order valence-corrected chi connectivity index (χ0v) is 11.3. The minimum absolute atomic E-state index is 0.206. The van der Waals surface area contributed by atoms with Crippen molar-refractivity contribution in [1.29, 1.82) is 5.26 Å². The molecular formula is C15H12ClN3O. The lowest BCUT2D eigenvalue weighted by Crippen LogP contribution is -2.15. The first-order valence-corrected chi connectivity index (χ1v) is 6.30. The van der Waals surface area contributed by atoms with Crippen molar-refractivity contribution in [3.8, 4) is 6.07 Å². The average molecular weight is 286 g/mol. The van der Waals surface area contributed by atoms with E-state index in [4.69, 9.17) is 22.6 Å². The fourth-order valence-corrected chi connectivity index (χ4v) is 1.90. The number of hydrogen-bond acceptors (Lipinski definition) is 3. The molecule has 0 saturated carbocycles. The molecule has 20 heavy (non-hydrogen) atoms. The fourth-order valence-electron chi connectivity index (χ4n) is 1.73. The molecule has 2 aromatic rings. The van der Waals surface area contributed by atoms with Gasteiger partial charge in [-0.2, -0.15) is 5.26 Å². The van der Waals surface area contributed by atoms with Gasteiger partial charge in [0, 0.05) is 10.7 Å². The van der Waals surface area contributed by atoms with E-state index >= 15 is 0 Å². The number of amides is 1. The molecule has 0 atom stereocenters. The van der Waals surface area contributed by atoms with Gasteiger partial charge in [-0.05, 0) is 35.9 Å². The van der Waals surface area contributed by atoms with Crippen LogP contribution in [0.15, 0.2) is 42.5 Å². The lowest BCUT2D eigenvalue weighted by atomic mass is 10.1. The van der Waals surface area contributed by atoms with Crippen molar-refractivity contribution in [3.05, 3.63) is 58.6 Å². The molecular weight excluding hydrogens is 274 g/mol. The summed E-state index contributed by atoms with van der Waals surface area (Å²) in [6.45, 7) is 0. The Kier molecular flexibility index (Phi) is 4.24. The van der Waals surface area contributed by atoms with E-state index in [0.29, 0.717) is 22.0 Å². The van der Waals surface area contributed by atoms with Gasteiger partial charge in [0.05, 0.1) is 17.7 Å². The van der Waals surface area contributed by atoms with Gasteiger partial charge in [-0.25, -0.2) is 0 Å². The maximum atomic E-state index is 12.0. The van der Waals surface area contributed by atoms with Crippen molar-refractivity contribution in [2.75, 3.05) is 11.1 Å². The van der Waals surface area contributed by atoms with Crippen molar-refractivity contribution >= 4 is 28.9 Å². The van der Waals surface area contributed by atoms with Crippen LogP contribution in [0.2, 0.25) is 5.02 Å². The standard InChI is InChI=1S/C15H12ClN3O/c16-12-4-3-11(9-17)14(8-12)19-15(20)7-10-1-5-13(18)6-2-10/h1-6,8H,7,18H2,(H,19,20). The van der Waals surface area contributed by atoms with Gasteiger partial charge in [-0.15, -0.1) is 0 Å². The highest BCUT2D eigenvalue weighted by atomic mass is 35.5. The number of nitriles is 1. The summed E-state index contributed by atoms with van der Waals surface area (Å²) in [5.41, 5.74) is 7.87. The number of nitrogens with one attached hydrogen (secondary N) is 1. The summed E-state index contributed by atoms with van der Waals surface area (Å²) in [6, 6.07) is 13.8. The third kappa shape index (κ3) is 3.50. The second kappa shape index (κ2) is 6.09. The van der Waals surface area contributed by atoms with Crippen molar-refractivity contribution in [2.24, 2.45) is 0 Å². The van der Waals surface area contributed by atoms with Crippen molar-refractivity contribution in [1.82, 2.24) is 0 Å². The van der Waals surface area contributed by atoms with E-state index in [9.17, 15) is 4.79 Å². The Labute approximate surface area is 121 Å². The molecule has 1 amide bonds. The summed E-state index contributed by atoms with van der Waals surface area (Å²) in [5.74, 6) is -0.214. The van der Waals surface area contributed by atoms with Crippen molar-refractivity contribution in [2.45, 2.75) is 6.42 Å². The number of rotatable bonds is 3. The molecule has 0 aliphatic carbocycles. The van der Waals surface area contributed by atoms with Crippen LogP contribution in [0.25, 0.3) is 0 Å². The molecule has 0 saturated heterocycles. The van der Waals surface area contributed by atoms with E-state index in [-0.39, 0.29) is 12.3 Å². The monoisotopic (exact) mass is 285 g/mol. The molecule has 4 nitrogen and oxygen atoms in total. The Morgan fingerprint density at radius 3 is 2.60 bits per heavy atom. The predicted molar refractivity (Wildman–Crippen MR) is 79.4 cm³/mol.